The molecule has 3 rings (SSSR count). The lowest BCUT2D eigenvalue weighted by Gasteiger charge is -1.95. The third-order valence-electron chi connectivity index (χ3n) is 2.34. The van der Waals surface area contributed by atoms with Crippen LogP contribution in [0.4, 0.5) is 0 Å². The zero-order valence-corrected chi connectivity index (χ0v) is 7.55. The molecule has 0 saturated carbocycles. The van der Waals surface area contributed by atoms with E-state index in [9.17, 15) is 0 Å². The number of hydrogen-bond donors (Lipinski definition) is 0. The van der Waals surface area contributed by atoms with E-state index in [1.54, 1.807) is 0 Å². The van der Waals surface area contributed by atoms with Crippen molar-refractivity contribution in [3.8, 4) is 0 Å². The highest BCUT2D eigenvalue weighted by Gasteiger charge is 2.13. The van der Waals surface area contributed by atoms with Crippen LogP contribution in [-0.4, -0.2) is 4.98 Å². The van der Waals surface area contributed by atoms with Crippen LogP contribution in [-0.2, 0) is 0 Å². The number of rotatable bonds is 1. The molecule has 0 atom stereocenters. The Morgan fingerprint density at radius 2 is 1.86 bits per heavy atom. The molecule has 1 aromatic heterocycles. The number of aromatic nitrogens is 1. The lowest BCUT2D eigenvalue weighted by atomic mass is 10.2. The van der Waals surface area contributed by atoms with Crippen molar-refractivity contribution >= 4 is 11.1 Å². The fourth-order valence-electron chi connectivity index (χ4n) is 1.63. The van der Waals surface area contributed by atoms with Gasteiger partial charge in [0.25, 0.3) is 0 Å². The Balaban J connectivity index is 2.14. The Bertz CT molecular complexity index is 477. The predicted octanol–water partition coefficient (Wildman–Crippen LogP) is 3.04. The maximum Gasteiger partial charge on any atom is 0.206 e. The number of benzene rings is 1. The first-order valence-electron chi connectivity index (χ1n) is 4.64. The highest BCUT2D eigenvalue weighted by atomic mass is 16.3. The van der Waals surface area contributed by atoms with Crippen LogP contribution in [0.25, 0.3) is 11.1 Å². The molecule has 0 N–H and O–H groups in total. The highest BCUT2D eigenvalue weighted by Crippen LogP contribution is 2.25. The van der Waals surface area contributed by atoms with Gasteiger partial charge in [0.1, 0.15) is 5.52 Å². The summed E-state index contributed by atoms with van der Waals surface area (Å²) in [6.07, 6.45) is 8.18. The molecule has 0 spiro atoms. The Morgan fingerprint density at radius 1 is 1.07 bits per heavy atom. The molecule has 14 heavy (non-hydrogen) atoms. The summed E-state index contributed by atoms with van der Waals surface area (Å²) in [6, 6.07) is 7.82. The van der Waals surface area contributed by atoms with Gasteiger partial charge in [-0.3, -0.25) is 0 Å². The van der Waals surface area contributed by atoms with Crippen molar-refractivity contribution in [1.29, 1.82) is 0 Å². The predicted molar refractivity (Wildman–Crippen MR) is 55.0 cm³/mol. The number of fused-ring (bicyclic) bond motifs is 1. The van der Waals surface area contributed by atoms with Crippen LogP contribution in [0.5, 0.6) is 0 Å². The van der Waals surface area contributed by atoms with Gasteiger partial charge < -0.3 is 4.42 Å². The summed E-state index contributed by atoms with van der Waals surface area (Å²) in [4.78, 5) is 4.43. The van der Waals surface area contributed by atoms with Crippen molar-refractivity contribution in [2.24, 2.45) is 0 Å². The largest absolute Gasteiger partial charge is 0.440 e. The average molecular weight is 183 g/mol. The standard InChI is InChI=1S/C12H9NO/c1-2-6-9(5-1)12-13-10-7-3-4-8-11(10)14-12/h1-9H. The first-order valence-corrected chi connectivity index (χ1v) is 4.64. The Labute approximate surface area is 81.6 Å². The summed E-state index contributed by atoms with van der Waals surface area (Å²) < 4.78 is 5.64. The molecule has 2 nitrogen and oxygen atoms in total. The van der Waals surface area contributed by atoms with Crippen molar-refractivity contribution in [2.45, 2.75) is 5.92 Å². The van der Waals surface area contributed by atoms with Gasteiger partial charge in [0.15, 0.2) is 5.58 Å². The third-order valence-corrected chi connectivity index (χ3v) is 2.34. The van der Waals surface area contributed by atoms with Gasteiger partial charge in [-0.25, -0.2) is 4.98 Å². The van der Waals surface area contributed by atoms with Gasteiger partial charge in [-0.2, -0.15) is 0 Å². The molecule has 2 heteroatoms. The minimum atomic E-state index is 0.211. The lowest BCUT2D eigenvalue weighted by molar-refractivity contribution is 0.531. The molecule has 0 fully saturated rings. The normalized spacial score (nSPS) is 15.7. The molecule has 0 unspecified atom stereocenters. The third kappa shape index (κ3) is 1.08. The minimum absolute atomic E-state index is 0.211. The van der Waals surface area contributed by atoms with Gasteiger partial charge in [-0.05, 0) is 12.1 Å². The number of nitrogens with zero attached hydrogens (tertiary/aromatic N) is 1. The number of para-hydroxylation sites is 2. The zero-order chi connectivity index (χ0) is 9.38. The first kappa shape index (κ1) is 7.56. The molecule has 1 aliphatic rings. The molecule has 2 aromatic rings. The quantitative estimate of drug-likeness (QED) is 0.679. The smallest absolute Gasteiger partial charge is 0.206 e. The van der Waals surface area contributed by atoms with Gasteiger partial charge in [-0.15, -0.1) is 0 Å². The minimum Gasteiger partial charge on any atom is -0.440 e. The summed E-state index contributed by atoms with van der Waals surface area (Å²) in [5.74, 6) is 0.985. The number of oxazole rings is 1. The van der Waals surface area contributed by atoms with Crippen molar-refractivity contribution in [2.75, 3.05) is 0 Å². The summed E-state index contributed by atoms with van der Waals surface area (Å²) >= 11 is 0. The Kier molecular flexibility index (Phi) is 1.53. The van der Waals surface area contributed by atoms with Gasteiger partial charge in [0.05, 0.1) is 5.92 Å². The molecule has 68 valence electrons. The summed E-state index contributed by atoms with van der Waals surface area (Å²) in [7, 11) is 0. The van der Waals surface area contributed by atoms with E-state index in [1.807, 2.05) is 36.4 Å². The van der Waals surface area contributed by atoms with Gasteiger partial charge in [-0.1, -0.05) is 36.4 Å². The van der Waals surface area contributed by atoms with E-state index in [0.717, 1.165) is 17.0 Å². The second kappa shape index (κ2) is 2.84. The van der Waals surface area contributed by atoms with Gasteiger partial charge >= 0.3 is 0 Å². The van der Waals surface area contributed by atoms with Crippen LogP contribution < -0.4 is 0 Å². The molecule has 0 radical (unpaired) electrons. The van der Waals surface area contributed by atoms with Crippen LogP contribution in [0.1, 0.15) is 11.8 Å². The Morgan fingerprint density at radius 3 is 2.64 bits per heavy atom. The maximum atomic E-state index is 5.64. The molecular weight excluding hydrogens is 174 g/mol. The average Bonchev–Trinajstić information content (AvgIpc) is 2.86. The monoisotopic (exact) mass is 183 g/mol. The maximum absolute atomic E-state index is 5.64. The molecular formula is C12H9NO. The van der Waals surface area contributed by atoms with Crippen LogP contribution in [0.15, 0.2) is 53.0 Å². The SMILES string of the molecule is C1=CC(c2nc3ccccc3o2)C=C1. The molecule has 1 aliphatic carbocycles. The fourth-order valence-corrected chi connectivity index (χ4v) is 1.63. The molecule has 0 saturated heterocycles. The lowest BCUT2D eigenvalue weighted by Crippen LogP contribution is -1.87. The topological polar surface area (TPSA) is 26.0 Å². The van der Waals surface area contributed by atoms with E-state index >= 15 is 0 Å². The summed E-state index contributed by atoms with van der Waals surface area (Å²) in [5.41, 5.74) is 1.78. The first-order chi connectivity index (χ1) is 6.93. The summed E-state index contributed by atoms with van der Waals surface area (Å²) in [5, 5.41) is 0. The Hall–Kier alpha value is -1.83. The van der Waals surface area contributed by atoms with Crippen LogP contribution in [0.2, 0.25) is 0 Å². The molecule has 0 amide bonds. The molecule has 0 bridgehead atoms. The molecule has 1 aromatic carbocycles. The highest BCUT2D eigenvalue weighted by molar-refractivity contribution is 5.72. The van der Waals surface area contributed by atoms with Crippen LogP contribution in [0, 0.1) is 0 Å². The molecule has 1 heterocycles. The van der Waals surface area contributed by atoms with E-state index in [0.29, 0.717) is 0 Å². The number of hydrogen-bond acceptors (Lipinski definition) is 2. The van der Waals surface area contributed by atoms with Crippen molar-refractivity contribution in [3.05, 3.63) is 54.5 Å². The van der Waals surface area contributed by atoms with Crippen LogP contribution >= 0.6 is 0 Å². The van der Waals surface area contributed by atoms with Gasteiger partial charge in [0, 0.05) is 0 Å². The molecule has 0 aliphatic heterocycles. The van der Waals surface area contributed by atoms with Crippen LogP contribution in [0.3, 0.4) is 0 Å². The second-order valence-electron chi connectivity index (χ2n) is 3.32. The fraction of sp³-hybridized carbons (Fsp3) is 0.0833. The van der Waals surface area contributed by atoms with E-state index in [4.69, 9.17) is 4.42 Å². The van der Waals surface area contributed by atoms with Crippen molar-refractivity contribution < 1.29 is 4.42 Å². The van der Waals surface area contributed by atoms with E-state index < -0.39 is 0 Å². The van der Waals surface area contributed by atoms with Crippen molar-refractivity contribution in [3.63, 3.8) is 0 Å². The summed E-state index contributed by atoms with van der Waals surface area (Å²) in [6.45, 7) is 0. The second-order valence-corrected chi connectivity index (χ2v) is 3.32. The van der Waals surface area contributed by atoms with Crippen molar-refractivity contribution in [1.82, 2.24) is 4.98 Å². The zero-order valence-electron chi connectivity index (χ0n) is 7.55. The van der Waals surface area contributed by atoms with E-state index in [1.165, 1.54) is 0 Å². The van der Waals surface area contributed by atoms with Gasteiger partial charge in [0.2, 0.25) is 5.89 Å². The van der Waals surface area contributed by atoms with E-state index in [-0.39, 0.29) is 5.92 Å². The number of allylic oxidation sites excluding steroid dienone is 4. The van der Waals surface area contributed by atoms with E-state index in [2.05, 4.69) is 17.1 Å².